The number of hydrogen-bond acceptors (Lipinski definition) is 6. The van der Waals surface area contributed by atoms with Gasteiger partial charge >= 0.3 is 0 Å². The lowest BCUT2D eigenvalue weighted by atomic mass is 9.83. The number of aromatic nitrogens is 1. The van der Waals surface area contributed by atoms with Crippen molar-refractivity contribution in [3.8, 4) is 22.8 Å². The first-order chi connectivity index (χ1) is 45.9. The molecule has 2 fully saturated rings. The van der Waals surface area contributed by atoms with Crippen molar-refractivity contribution in [3.05, 3.63) is 303 Å². The number of benzene rings is 9. The number of ether oxygens (including phenoxy) is 1. The van der Waals surface area contributed by atoms with Crippen LogP contribution in [-0.4, -0.2) is 29.8 Å². The van der Waals surface area contributed by atoms with Gasteiger partial charge in [0.25, 0.3) is 5.91 Å². The summed E-state index contributed by atoms with van der Waals surface area (Å²) in [5.74, 6) is 6.07. The molecular formula is C88H105N3O3S. The van der Waals surface area contributed by atoms with Crippen molar-refractivity contribution in [2.24, 2.45) is 0 Å². The summed E-state index contributed by atoms with van der Waals surface area (Å²) < 4.78 is 5.71. The fourth-order valence-corrected chi connectivity index (χ4v) is 11.8. The summed E-state index contributed by atoms with van der Waals surface area (Å²) in [7, 11) is 0. The molecule has 10 aromatic rings. The van der Waals surface area contributed by atoms with Crippen molar-refractivity contribution < 1.29 is 14.3 Å². The Labute approximate surface area is 575 Å². The van der Waals surface area contributed by atoms with Gasteiger partial charge in [0.2, 0.25) is 0 Å². The first kappa shape index (κ1) is 73.8. The second-order valence-corrected chi connectivity index (χ2v) is 27.5. The van der Waals surface area contributed by atoms with Gasteiger partial charge in [-0.15, -0.1) is 11.3 Å². The molecule has 1 saturated heterocycles. The average Bonchev–Trinajstić information content (AvgIpc) is 1.87. The Balaban J connectivity index is 0.000000161. The van der Waals surface area contributed by atoms with E-state index in [0.29, 0.717) is 41.1 Å². The van der Waals surface area contributed by atoms with Crippen LogP contribution in [0.5, 0.6) is 11.5 Å². The topological polar surface area (TPSA) is 71.5 Å². The number of hydrogen-bond donors (Lipinski definition) is 1. The first-order valence-electron chi connectivity index (χ1n) is 34.8. The van der Waals surface area contributed by atoms with Crippen LogP contribution in [0.3, 0.4) is 0 Å². The molecule has 2 heterocycles. The minimum atomic E-state index is -0.0760. The predicted molar refractivity (Wildman–Crippen MR) is 407 cm³/mol. The SMILES string of the molecule is CC(C)c1ccc(-c2cscn2)cc1.CC(C)c1ccc(C(=O)c2ccccc2)cc1.CC(C)c1ccc(C2CCCCC2)cc1.CC(C)c1ccc(N2CCCCC2)cc1.CC(C)c1ccc(NC(=O)c2ccccc2)cc1.CC(C)c1ccc(Oc2ccccc2)cc1. The number of rotatable bonds is 15. The molecule has 0 radical (unpaired) electrons. The van der Waals surface area contributed by atoms with E-state index in [-0.39, 0.29) is 11.7 Å². The summed E-state index contributed by atoms with van der Waals surface area (Å²) in [6.45, 7) is 28.9. The molecule has 1 aliphatic carbocycles. The molecule has 0 unspecified atom stereocenters. The number of thiazole rings is 1. The van der Waals surface area contributed by atoms with E-state index in [4.69, 9.17) is 4.74 Å². The maximum absolute atomic E-state index is 12.1. The van der Waals surface area contributed by atoms with Crippen LogP contribution >= 0.6 is 11.3 Å². The Kier molecular flexibility index (Phi) is 30.5. The molecule has 496 valence electrons. The largest absolute Gasteiger partial charge is 0.457 e. The van der Waals surface area contributed by atoms with Crippen molar-refractivity contribution in [2.45, 2.75) is 176 Å². The minimum Gasteiger partial charge on any atom is -0.457 e. The maximum Gasteiger partial charge on any atom is 0.255 e. The molecule has 6 nitrogen and oxygen atoms in total. The molecule has 0 atom stereocenters. The Morgan fingerprint density at radius 2 is 0.789 bits per heavy atom. The Morgan fingerprint density at radius 3 is 1.24 bits per heavy atom. The third-order valence-electron chi connectivity index (χ3n) is 17.5. The van der Waals surface area contributed by atoms with Crippen LogP contribution in [0.2, 0.25) is 0 Å². The smallest absolute Gasteiger partial charge is 0.255 e. The van der Waals surface area contributed by atoms with E-state index in [0.717, 1.165) is 39.9 Å². The Bertz CT molecular complexity index is 3640. The van der Waals surface area contributed by atoms with E-state index in [1.54, 1.807) is 29.0 Å². The maximum atomic E-state index is 12.1. The van der Waals surface area contributed by atoms with E-state index < -0.39 is 0 Å². The van der Waals surface area contributed by atoms with E-state index in [1.807, 2.05) is 145 Å². The lowest BCUT2D eigenvalue weighted by Gasteiger charge is -2.29. The highest BCUT2D eigenvalue weighted by atomic mass is 32.1. The quantitative estimate of drug-likeness (QED) is 0.104. The van der Waals surface area contributed by atoms with E-state index >= 15 is 0 Å². The fourth-order valence-electron chi connectivity index (χ4n) is 11.3. The Hall–Kier alpha value is -8.65. The molecule has 0 bridgehead atoms. The van der Waals surface area contributed by atoms with Gasteiger partial charge in [-0.1, -0.05) is 278 Å². The lowest BCUT2D eigenvalue weighted by Crippen LogP contribution is -2.29. The van der Waals surface area contributed by atoms with Crippen LogP contribution in [0.4, 0.5) is 11.4 Å². The van der Waals surface area contributed by atoms with Gasteiger partial charge in [-0.25, -0.2) is 4.98 Å². The number of nitrogens with zero attached hydrogens (tertiary/aromatic N) is 2. The third-order valence-corrected chi connectivity index (χ3v) is 18.1. The number of para-hydroxylation sites is 1. The van der Waals surface area contributed by atoms with Crippen LogP contribution in [0.25, 0.3) is 11.3 Å². The number of amides is 1. The molecule has 95 heavy (non-hydrogen) atoms. The van der Waals surface area contributed by atoms with Crippen molar-refractivity contribution in [1.82, 2.24) is 4.98 Å². The summed E-state index contributed by atoms with van der Waals surface area (Å²) in [5, 5.41) is 4.96. The molecule has 0 spiro atoms. The molecule has 9 aromatic carbocycles. The number of carbonyl (C=O) groups is 2. The van der Waals surface area contributed by atoms with Gasteiger partial charge in [0.1, 0.15) is 11.5 Å². The second-order valence-electron chi connectivity index (χ2n) is 26.8. The molecule has 1 saturated carbocycles. The molecule has 1 N–H and O–H groups in total. The normalized spacial score (nSPS) is 12.8. The van der Waals surface area contributed by atoms with E-state index in [2.05, 4.69) is 189 Å². The zero-order valence-electron chi connectivity index (χ0n) is 58.8. The summed E-state index contributed by atoms with van der Waals surface area (Å²) in [5.41, 5.74) is 18.3. The van der Waals surface area contributed by atoms with Gasteiger partial charge in [-0.05, 0) is 173 Å². The van der Waals surface area contributed by atoms with E-state index in [9.17, 15) is 9.59 Å². The molecule has 1 aliphatic heterocycles. The van der Waals surface area contributed by atoms with Crippen LogP contribution in [0, 0.1) is 0 Å². The molecule has 1 aromatic heterocycles. The van der Waals surface area contributed by atoms with Crippen LogP contribution in [0.15, 0.2) is 247 Å². The van der Waals surface area contributed by atoms with Gasteiger partial charge in [0.05, 0.1) is 11.2 Å². The van der Waals surface area contributed by atoms with Gasteiger partial charge in [0, 0.05) is 52.1 Å². The zero-order valence-corrected chi connectivity index (χ0v) is 59.6. The van der Waals surface area contributed by atoms with Crippen LogP contribution in [0.1, 0.15) is 241 Å². The molecule has 12 rings (SSSR count). The molecular weight excluding hydrogens is 1180 g/mol. The van der Waals surface area contributed by atoms with Crippen molar-refractivity contribution in [1.29, 1.82) is 0 Å². The third kappa shape index (κ3) is 24.9. The summed E-state index contributed by atoms with van der Waals surface area (Å²) >= 11 is 1.63. The summed E-state index contributed by atoms with van der Waals surface area (Å²) in [4.78, 5) is 30.8. The standard InChI is InChI=1S/C16H17NO.C16H16O.C15H16O.C15H22.C14H21N.C12H13NS/c1-12(2)13-8-10-15(11-9-13)17-16(18)14-6-4-3-5-7-14;1-12(2)13-8-10-15(11-9-13)16(17)14-6-4-3-5-7-14;1-12(2)13-8-10-15(11-9-13)16-14-6-4-3-5-7-14;1-12(2)13-8-10-15(11-9-13)14-6-4-3-5-7-14;1-12(2)13-6-8-14(9-7-13)15-10-4-3-5-11-15;1-9(2)10-3-5-11(6-4-10)12-7-14-8-13-12/h3-12H,1-2H3,(H,17,18);3-12H,1-2H3;3-12H,1-2H3;8-12,14H,3-7H2,1-2H3;6-9,12H,3-5,10-11H2,1-2H3;3-9H,1-2H3. The second kappa shape index (κ2) is 39.3. The fraction of sp³-hybridized carbons (Fsp3) is 0.330. The lowest BCUT2D eigenvalue weighted by molar-refractivity contribution is 0.102. The number of carbonyl (C=O) groups excluding carboxylic acids is 2. The van der Waals surface area contributed by atoms with Crippen molar-refractivity contribution in [2.75, 3.05) is 23.3 Å². The van der Waals surface area contributed by atoms with Crippen LogP contribution < -0.4 is 15.0 Å². The average molecular weight is 1280 g/mol. The Morgan fingerprint density at radius 1 is 0.411 bits per heavy atom. The number of nitrogens with one attached hydrogen (secondary N) is 1. The summed E-state index contributed by atoms with van der Waals surface area (Å²) in [6.07, 6.45) is 11.2. The van der Waals surface area contributed by atoms with Crippen molar-refractivity contribution >= 4 is 34.4 Å². The van der Waals surface area contributed by atoms with Gasteiger partial charge in [-0.3, -0.25) is 9.59 Å². The highest BCUT2D eigenvalue weighted by Crippen LogP contribution is 2.34. The monoisotopic (exact) mass is 1280 g/mol. The first-order valence-corrected chi connectivity index (χ1v) is 35.8. The highest BCUT2D eigenvalue weighted by molar-refractivity contribution is 7.07. The number of ketones is 1. The van der Waals surface area contributed by atoms with Gasteiger partial charge in [-0.2, -0.15) is 0 Å². The highest BCUT2D eigenvalue weighted by Gasteiger charge is 2.16. The van der Waals surface area contributed by atoms with Gasteiger partial charge < -0.3 is 15.0 Å². The van der Waals surface area contributed by atoms with E-state index in [1.165, 1.54) is 109 Å². The number of anilines is 2. The zero-order chi connectivity index (χ0) is 67.9. The summed E-state index contributed by atoms with van der Waals surface area (Å²) in [6, 6.07) is 79.6. The van der Waals surface area contributed by atoms with Crippen molar-refractivity contribution in [3.63, 3.8) is 0 Å². The molecule has 1 amide bonds. The predicted octanol–water partition coefficient (Wildman–Crippen LogP) is 25.3. The minimum absolute atomic E-state index is 0.0760. The molecule has 2 aliphatic rings. The number of piperidine rings is 1. The molecule has 7 heteroatoms. The van der Waals surface area contributed by atoms with Crippen LogP contribution in [-0.2, 0) is 0 Å². The van der Waals surface area contributed by atoms with Gasteiger partial charge in [0.15, 0.2) is 5.78 Å².